The molecule has 1 saturated heterocycles. The first-order chi connectivity index (χ1) is 9.58. The summed E-state index contributed by atoms with van der Waals surface area (Å²) in [6, 6.07) is 3.55. The molecule has 1 aliphatic rings. The first-order valence-electron chi connectivity index (χ1n) is 6.41. The topological polar surface area (TPSA) is 102 Å². The van der Waals surface area contributed by atoms with Crippen LogP contribution in [-0.4, -0.2) is 35.7 Å². The zero-order chi connectivity index (χ0) is 14.5. The molecule has 0 aromatic heterocycles. The van der Waals surface area contributed by atoms with Crippen molar-refractivity contribution in [2.75, 3.05) is 19.8 Å². The number of carbonyl (C=O) groups excluding carboxylic acids is 1. The molecular weight excluding hydrogens is 264 g/mol. The minimum absolute atomic E-state index is 0.204. The number of hydrogen-bond acceptors (Lipinski definition) is 5. The van der Waals surface area contributed by atoms with E-state index in [1.165, 1.54) is 6.07 Å². The van der Waals surface area contributed by atoms with Crippen LogP contribution in [0.4, 0.5) is 5.69 Å². The lowest BCUT2D eigenvalue weighted by Crippen LogP contribution is -2.26. The zero-order valence-corrected chi connectivity index (χ0v) is 10.9. The number of nitro benzene ring substituents is 1. The van der Waals surface area contributed by atoms with Gasteiger partial charge in [0.05, 0.1) is 4.92 Å². The number of ether oxygens (including phenoxy) is 1. The Morgan fingerprint density at radius 3 is 2.95 bits per heavy atom. The van der Waals surface area contributed by atoms with Crippen LogP contribution in [0.5, 0.6) is 5.75 Å². The van der Waals surface area contributed by atoms with Crippen LogP contribution in [0.3, 0.4) is 0 Å². The van der Waals surface area contributed by atoms with E-state index in [4.69, 9.17) is 4.74 Å². The van der Waals surface area contributed by atoms with Crippen molar-refractivity contribution in [3.8, 4) is 5.75 Å². The number of nitrogens with zero attached hydrogens (tertiary/aromatic N) is 1. The number of carbonyl (C=O) groups is 1. The third-order valence-corrected chi connectivity index (χ3v) is 3.30. The van der Waals surface area contributed by atoms with E-state index < -0.39 is 16.4 Å². The van der Waals surface area contributed by atoms with Gasteiger partial charge < -0.3 is 15.2 Å². The molecule has 108 valence electrons. The SMILES string of the molecule is O=C(NCCC1CCOC1)c1ccc([N+](=O)[O-])c(O)c1. The van der Waals surface area contributed by atoms with Gasteiger partial charge in [0, 0.05) is 31.4 Å². The summed E-state index contributed by atoms with van der Waals surface area (Å²) >= 11 is 0. The van der Waals surface area contributed by atoms with Gasteiger partial charge in [-0.3, -0.25) is 14.9 Å². The maximum atomic E-state index is 11.8. The monoisotopic (exact) mass is 280 g/mol. The van der Waals surface area contributed by atoms with Gasteiger partial charge in [0.2, 0.25) is 0 Å². The van der Waals surface area contributed by atoms with Crippen molar-refractivity contribution in [2.24, 2.45) is 5.92 Å². The number of rotatable bonds is 5. The Labute approximate surface area is 115 Å². The Balaban J connectivity index is 1.88. The molecule has 1 aliphatic heterocycles. The highest BCUT2D eigenvalue weighted by atomic mass is 16.6. The quantitative estimate of drug-likeness (QED) is 0.628. The van der Waals surface area contributed by atoms with Gasteiger partial charge in [0.1, 0.15) is 0 Å². The molecule has 2 rings (SSSR count). The van der Waals surface area contributed by atoms with Crippen molar-refractivity contribution >= 4 is 11.6 Å². The van der Waals surface area contributed by atoms with Gasteiger partial charge in [-0.2, -0.15) is 0 Å². The molecule has 20 heavy (non-hydrogen) atoms. The second-order valence-corrected chi connectivity index (χ2v) is 4.73. The molecule has 1 aromatic rings. The highest BCUT2D eigenvalue weighted by Crippen LogP contribution is 2.26. The molecule has 0 saturated carbocycles. The molecule has 1 unspecified atom stereocenters. The smallest absolute Gasteiger partial charge is 0.310 e. The average Bonchev–Trinajstić information content (AvgIpc) is 2.91. The fourth-order valence-corrected chi connectivity index (χ4v) is 2.12. The lowest BCUT2D eigenvalue weighted by molar-refractivity contribution is -0.385. The van der Waals surface area contributed by atoms with Crippen LogP contribution in [0.2, 0.25) is 0 Å². The van der Waals surface area contributed by atoms with Crippen molar-refractivity contribution in [3.05, 3.63) is 33.9 Å². The van der Waals surface area contributed by atoms with E-state index in [-0.39, 0.29) is 11.5 Å². The Morgan fingerprint density at radius 1 is 1.55 bits per heavy atom. The first kappa shape index (κ1) is 14.3. The average molecular weight is 280 g/mol. The molecule has 7 heteroatoms. The Kier molecular flexibility index (Phi) is 4.52. The van der Waals surface area contributed by atoms with Gasteiger partial charge in [0.25, 0.3) is 5.91 Å². The molecule has 1 aromatic carbocycles. The number of phenols is 1. The molecule has 7 nitrogen and oxygen atoms in total. The number of aromatic hydroxyl groups is 1. The summed E-state index contributed by atoms with van der Waals surface area (Å²) in [6.07, 6.45) is 1.85. The molecule has 1 heterocycles. The number of nitrogens with one attached hydrogen (secondary N) is 1. The number of nitro groups is 1. The van der Waals surface area contributed by atoms with E-state index in [1.54, 1.807) is 0 Å². The first-order valence-corrected chi connectivity index (χ1v) is 6.41. The third kappa shape index (κ3) is 3.45. The van der Waals surface area contributed by atoms with Gasteiger partial charge in [-0.25, -0.2) is 0 Å². The molecule has 0 aliphatic carbocycles. The molecule has 0 radical (unpaired) electrons. The van der Waals surface area contributed by atoms with Gasteiger partial charge in [-0.05, 0) is 30.9 Å². The summed E-state index contributed by atoms with van der Waals surface area (Å²) in [7, 11) is 0. The number of benzene rings is 1. The lowest BCUT2D eigenvalue weighted by atomic mass is 10.1. The molecule has 1 fully saturated rings. The van der Waals surface area contributed by atoms with Crippen molar-refractivity contribution in [1.29, 1.82) is 0 Å². The van der Waals surface area contributed by atoms with Crippen molar-refractivity contribution in [1.82, 2.24) is 5.32 Å². The predicted octanol–water partition coefficient (Wildman–Crippen LogP) is 1.46. The number of amides is 1. The van der Waals surface area contributed by atoms with E-state index >= 15 is 0 Å². The van der Waals surface area contributed by atoms with Crippen molar-refractivity contribution in [2.45, 2.75) is 12.8 Å². The summed E-state index contributed by atoms with van der Waals surface area (Å²) < 4.78 is 5.24. The van der Waals surface area contributed by atoms with Crippen molar-refractivity contribution in [3.63, 3.8) is 0 Å². The Bertz CT molecular complexity index is 511. The van der Waals surface area contributed by atoms with Crippen LogP contribution in [-0.2, 0) is 4.74 Å². The second kappa shape index (κ2) is 6.33. The molecule has 1 amide bonds. The van der Waals surface area contributed by atoms with Gasteiger partial charge in [-0.15, -0.1) is 0 Å². The molecule has 2 N–H and O–H groups in total. The number of hydrogen-bond donors (Lipinski definition) is 2. The van der Waals surface area contributed by atoms with Crippen molar-refractivity contribution < 1.29 is 19.6 Å². The zero-order valence-electron chi connectivity index (χ0n) is 10.9. The van der Waals surface area contributed by atoms with Crippen LogP contribution in [0.25, 0.3) is 0 Å². The molecule has 0 bridgehead atoms. The minimum Gasteiger partial charge on any atom is -0.502 e. The standard InChI is InChI=1S/C13H16N2O5/c16-12-7-10(1-2-11(12)15(18)19)13(17)14-5-3-9-4-6-20-8-9/h1-2,7,9,16H,3-6,8H2,(H,14,17). The fourth-order valence-electron chi connectivity index (χ4n) is 2.12. The van der Waals surface area contributed by atoms with E-state index in [9.17, 15) is 20.0 Å². The summed E-state index contributed by atoms with van der Waals surface area (Å²) in [5, 5.41) is 22.8. The van der Waals surface area contributed by atoms with E-state index in [0.717, 1.165) is 38.2 Å². The van der Waals surface area contributed by atoms with E-state index in [1.807, 2.05) is 0 Å². The molecule has 0 spiro atoms. The number of phenolic OH excluding ortho intramolecular Hbond substituents is 1. The van der Waals surface area contributed by atoms with Crippen LogP contribution in [0.1, 0.15) is 23.2 Å². The van der Waals surface area contributed by atoms with Gasteiger partial charge in [-0.1, -0.05) is 0 Å². The Morgan fingerprint density at radius 2 is 2.35 bits per heavy atom. The Hall–Kier alpha value is -2.15. The third-order valence-electron chi connectivity index (χ3n) is 3.30. The summed E-state index contributed by atoms with van der Waals surface area (Å²) in [6.45, 7) is 2.02. The summed E-state index contributed by atoms with van der Waals surface area (Å²) in [4.78, 5) is 21.7. The second-order valence-electron chi connectivity index (χ2n) is 4.73. The predicted molar refractivity (Wildman–Crippen MR) is 70.6 cm³/mol. The maximum Gasteiger partial charge on any atom is 0.310 e. The minimum atomic E-state index is -0.697. The van der Waals surface area contributed by atoms with E-state index in [2.05, 4.69) is 5.32 Å². The highest BCUT2D eigenvalue weighted by molar-refractivity contribution is 5.95. The maximum absolute atomic E-state index is 11.8. The molecular formula is C13H16N2O5. The fraction of sp³-hybridized carbons (Fsp3) is 0.462. The van der Waals surface area contributed by atoms with Crippen LogP contribution in [0.15, 0.2) is 18.2 Å². The summed E-state index contributed by atoms with van der Waals surface area (Å²) in [5.41, 5.74) is -0.208. The van der Waals surface area contributed by atoms with Crippen LogP contribution < -0.4 is 5.32 Å². The summed E-state index contributed by atoms with van der Waals surface area (Å²) in [5.74, 6) is -0.387. The van der Waals surface area contributed by atoms with Gasteiger partial charge >= 0.3 is 5.69 Å². The molecule has 1 atom stereocenters. The van der Waals surface area contributed by atoms with Gasteiger partial charge in [0.15, 0.2) is 5.75 Å². The largest absolute Gasteiger partial charge is 0.502 e. The highest BCUT2D eigenvalue weighted by Gasteiger charge is 2.17. The lowest BCUT2D eigenvalue weighted by Gasteiger charge is -2.09. The normalized spacial score (nSPS) is 17.9. The van der Waals surface area contributed by atoms with Crippen LogP contribution in [0, 0.1) is 16.0 Å². The van der Waals surface area contributed by atoms with E-state index in [0.29, 0.717) is 12.5 Å². The van der Waals surface area contributed by atoms with Crippen LogP contribution >= 0.6 is 0 Å².